The standard InChI is InChI=1S/C28H28F2O3/c1-3-4-5-16-32-23-13-15-25-24-14-10-21(17-26(24)28(29,30)27(25)18-23)7-6-20-8-11-22(12-9-20)33-19(2)31/h8-15,17-18H,3-7,16H2,1-2H3. The highest BCUT2D eigenvalue weighted by atomic mass is 19.3. The van der Waals surface area contributed by atoms with Crippen molar-refractivity contribution in [3.63, 3.8) is 0 Å². The fraction of sp³-hybridized carbons (Fsp3) is 0.321. The monoisotopic (exact) mass is 450 g/mol. The molecule has 3 nitrogen and oxygen atoms in total. The summed E-state index contributed by atoms with van der Waals surface area (Å²) in [5, 5.41) is 0. The number of ether oxygens (including phenoxy) is 2. The minimum atomic E-state index is -3.05. The van der Waals surface area contributed by atoms with E-state index in [1.165, 1.54) is 13.0 Å². The molecule has 0 fully saturated rings. The molecule has 0 unspecified atom stereocenters. The molecule has 0 aliphatic heterocycles. The van der Waals surface area contributed by atoms with Crippen molar-refractivity contribution in [3.8, 4) is 22.6 Å². The van der Waals surface area contributed by atoms with Crippen molar-refractivity contribution in [2.24, 2.45) is 0 Å². The lowest BCUT2D eigenvalue weighted by molar-refractivity contribution is -0.131. The third kappa shape index (κ3) is 5.08. The maximum Gasteiger partial charge on any atom is 0.308 e. The average molecular weight is 451 g/mol. The van der Waals surface area contributed by atoms with E-state index >= 15 is 8.78 Å². The number of rotatable bonds is 9. The third-order valence-electron chi connectivity index (χ3n) is 5.95. The smallest absolute Gasteiger partial charge is 0.308 e. The molecule has 3 aromatic rings. The second kappa shape index (κ2) is 9.74. The van der Waals surface area contributed by atoms with Gasteiger partial charge in [0.25, 0.3) is 5.92 Å². The molecule has 0 spiro atoms. The maximum absolute atomic E-state index is 15.3. The van der Waals surface area contributed by atoms with Crippen molar-refractivity contribution in [1.29, 1.82) is 0 Å². The number of hydrogen-bond acceptors (Lipinski definition) is 3. The van der Waals surface area contributed by atoms with Gasteiger partial charge in [-0.05, 0) is 71.8 Å². The zero-order valence-electron chi connectivity index (χ0n) is 19.0. The van der Waals surface area contributed by atoms with E-state index in [1.807, 2.05) is 18.2 Å². The summed E-state index contributed by atoms with van der Waals surface area (Å²) in [6.45, 7) is 4.01. The van der Waals surface area contributed by atoms with Crippen molar-refractivity contribution in [2.45, 2.75) is 51.9 Å². The molecular weight excluding hydrogens is 422 g/mol. The number of alkyl halides is 2. The van der Waals surface area contributed by atoms with Crippen LogP contribution in [-0.4, -0.2) is 12.6 Å². The lowest BCUT2D eigenvalue weighted by Crippen LogP contribution is -2.11. The Bertz CT molecular complexity index is 1140. The van der Waals surface area contributed by atoms with Crippen molar-refractivity contribution in [3.05, 3.63) is 82.9 Å². The van der Waals surface area contributed by atoms with Crippen LogP contribution in [0, 0.1) is 0 Å². The summed E-state index contributed by atoms with van der Waals surface area (Å²) in [6, 6.07) is 17.6. The molecule has 0 aromatic heterocycles. The molecule has 5 heteroatoms. The highest BCUT2D eigenvalue weighted by Gasteiger charge is 2.44. The van der Waals surface area contributed by atoms with Gasteiger partial charge in [0, 0.05) is 18.1 Å². The number of benzene rings is 3. The summed E-state index contributed by atoms with van der Waals surface area (Å²) in [7, 11) is 0. The van der Waals surface area contributed by atoms with E-state index in [-0.39, 0.29) is 17.1 Å². The van der Waals surface area contributed by atoms with Gasteiger partial charge < -0.3 is 9.47 Å². The molecule has 172 valence electrons. The van der Waals surface area contributed by atoms with Crippen LogP contribution in [0.2, 0.25) is 0 Å². The normalized spacial score (nSPS) is 13.3. The van der Waals surface area contributed by atoms with Crippen LogP contribution in [0.25, 0.3) is 11.1 Å². The molecule has 0 radical (unpaired) electrons. The van der Waals surface area contributed by atoms with E-state index in [9.17, 15) is 4.79 Å². The summed E-state index contributed by atoms with van der Waals surface area (Å²) in [5.74, 6) is -2.42. The first-order chi connectivity index (χ1) is 15.9. The zero-order chi connectivity index (χ0) is 23.4. The fourth-order valence-corrected chi connectivity index (χ4v) is 4.22. The Morgan fingerprint density at radius 1 is 0.818 bits per heavy atom. The Labute approximate surface area is 193 Å². The Balaban J connectivity index is 1.47. The number of carbonyl (C=O) groups is 1. The number of fused-ring (bicyclic) bond motifs is 3. The van der Waals surface area contributed by atoms with Crippen molar-refractivity contribution < 1.29 is 23.0 Å². The van der Waals surface area contributed by atoms with Crippen LogP contribution >= 0.6 is 0 Å². The maximum atomic E-state index is 15.3. The van der Waals surface area contributed by atoms with Gasteiger partial charge in [0.1, 0.15) is 11.5 Å². The topological polar surface area (TPSA) is 35.5 Å². The van der Waals surface area contributed by atoms with Crippen LogP contribution in [0.4, 0.5) is 8.78 Å². The van der Waals surface area contributed by atoms with E-state index in [4.69, 9.17) is 9.47 Å². The molecule has 0 heterocycles. The second-order valence-electron chi connectivity index (χ2n) is 8.45. The van der Waals surface area contributed by atoms with Crippen LogP contribution < -0.4 is 9.47 Å². The van der Waals surface area contributed by atoms with Crippen LogP contribution in [0.15, 0.2) is 60.7 Å². The molecule has 0 saturated carbocycles. The molecule has 3 aromatic carbocycles. The molecule has 0 amide bonds. The van der Waals surface area contributed by atoms with Gasteiger partial charge in [-0.15, -0.1) is 0 Å². The van der Waals surface area contributed by atoms with Crippen molar-refractivity contribution in [2.75, 3.05) is 6.61 Å². The van der Waals surface area contributed by atoms with E-state index in [1.54, 1.807) is 36.4 Å². The summed E-state index contributed by atoms with van der Waals surface area (Å²) in [5.41, 5.74) is 3.14. The summed E-state index contributed by atoms with van der Waals surface area (Å²) in [4.78, 5) is 11.0. The van der Waals surface area contributed by atoms with Gasteiger partial charge in [0.05, 0.1) is 6.61 Å². The molecule has 1 aliphatic rings. The van der Waals surface area contributed by atoms with Crippen LogP contribution in [0.3, 0.4) is 0 Å². The molecule has 4 rings (SSSR count). The first-order valence-electron chi connectivity index (χ1n) is 11.4. The van der Waals surface area contributed by atoms with Gasteiger partial charge in [-0.1, -0.05) is 50.1 Å². The fourth-order valence-electron chi connectivity index (χ4n) is 4.22. The molecule has 0 N–H and O–H groups in total. The van der Waals surface area contributed by atoms with Gasteiger partial charge >= 0.3 is 5.97 Å². The quantitative estimate of drug-likeness (QED) is 0.198. The highest BCUT2D eigenvalue weighted by Crippen LogP contribution is 2.52. The Morgan fingerprint density at radius 2 is 1.42 bits per heavy atom. The molecule has 0 atom stereocenters. The minimum absolute atomic E-state index is 0.0173. The Kier molecular flexibility index (Phi) is 6.77. The number of hydrogen-bond donors (Lipinski definition) is 0. The number of esters is 1. The van der Waals surface area contributed by atoms with E-state index in [0.717, 1.165) is 30.4 Å². The van der Waals surface area contributed by atoms with Crippen LogP contribution in [0.1, 0.15) is 55.4 Å². The number of carbonyl (C=O) groups excluding carboxylic acids is 1. The largest absolute Gasteiger partial charge is 0.494 e. The Hall–Kier alpha value is -3.21. The number of aryl methyl sites for hydroxylation is 2. The van der Waals surface area contributed by atoms with E-state index in [2.05, 4.69) is 6.92 Å². The molecule has 33 heavy (non-hydrogen) atoms. The second-order valence-corrected chi connectivity index (χ2v) is 8.45. The molecular formula is C28H28F2O3. The minimum Gasteiger partial charge on any atom is -0.494 e. The lowest BCUT2D eigenvalue weighted by atomic mass is 9.98. The van der Waals surface area contributed by atoms with E-state index in [0.29, 0.717) is 42.1 Å². The first kappa shape index (κ1) is 23.0. The zero-order valence-corrected chi connectivity index (χ0v) is 19.0. The highest BCUT2D eigenvalue weighted by molar-refractivity contribution is 5.80. The number of unbranched alkanes of at least 4 members (excludes halogenated alkanes) is 2. The predicted molar refractivity (Wildman–Crippen MR) is 125 cm³/mol. The summed E-state index contributed by atoms with van der Waals surface area (Å²) >= 11 is 0. The lowest BCUT2D eigenvalue weighted by Gasteiger charge is -2.14. The average Bonchev–Trinajstić information content (AvgIpc) is 3.02. The predicted octanol–water partition coefficient (Wildman–Crippen LogP) is 7.09. The summed E-state index contributed by atoms with van der Waals surface area (Å²) < 4.78 is 41.4. The van der Waals surface area contributed by atoms with Crippen molar-refractivity contribution >= 4 is 5.97 Å². The van der Waals surface area contributed by atoms with Gasteiger partial charge in [-0.25, -0.2) is 0 Å². The summed E-state index contributed by atoms with van der Waals surface area (Å²) in [6.07, 6.45) is 4.40. The van der Waals surface area contributed by atoms with Gasteiger partial charge in [-0.3, -0.25) is 4.79 Å². The first-order valence-corrected chi connectivity index (χ1v) is 11.4. The van der Waals surface area contributed by atoms with Gasteiger partial charge in [0.2, 0.25) is 0 Å². The van der Waals surface area contributed by atoms with Gasteiger partial charge in [0.15, 0.2) is 0 Å². The molecule has 1 aliphatic carbocycles. The van der Waals surface area contributed by atoms with Crippen LogP contribution in [0.5, 0.6) is 11.5 Å². The third-order valence-corrected chi connectivity index (χ3v) is 5.95. The number of halogens is 2. The molecule has 0 bridgehead atoms. The SMILES string of the molecule is CCCCCOc1ccc2c(c1)C(F)(F)c1cc(CCc3ccc(OC(C)=O)cc3)ccc1-2. The van der Waals surface area contributed by atoms with Crippen LogP contribution in [-0.2, 0) is 23.6 Å². The Morgan fingerprint density at radius 3 is 2.12 bits per heavy atom. The van der Waals surface area contributed by atoms with Crippen molar-refractivity contribution in [1.82, 2.24) is 0 Å². The van der Waals surface area contributed by atoms with Gasteiger partial charge in [-0.2, -0.15) is 8.78 Å². The van der Waals surface area contributed by atoms with E-state index < -0.39 is 5.92 Å². The molecule has 0 saturated heterocycles.